The first-order chi connectivity index (χ1) is 10.0. The van der Waals surface area contributed by atoms with Crippen molar-refractivity contribution in [2.75, 3.05) is 13.6 Å². The highest BCUT2D eigenvalue weighted by molar-refractivity contribution is 7.85. The average molecular weight is 329 g/mol. The molecule has 3 amide bonds. The lowest BCUT2D eigenvalue weighted by atomic mass is 10.2. The third kappa shape index (κ3) is 3.83. The van der Waals surface area contributed by atoms with Crippen LogP contribution in [0.2, 0.25) is 5.02 Å². The molecule has 1 aromatic rings. The van der Waals surface area contributed by atoms with Crippen LogP contribution >= 0.6 is 11.6 Å². The minimum atomic E-state index is -1.28. The van der Waals surface area contributed by atoms with Crippen molar-refractivity contribution in [2.45, 2.75) is 29.4 Å². The fourth-order valence-corrected chi connectivity index (χ4v) is 3.89. The van der Waals surface area contributed by atoms with Gasteiger partial charge in [0.25, 0.3) is 0 Å². The van der Waals surface area contributed by atoms with Crippen molar-refractivity contribution >= 4 is 34.3 Å². The van der Waals surface area contributed by atoms with Crippen LogP contribution in [0.1, 0.15) is 19.3 Å². The molecule has 2 unspecified atom stereocenters. The average Bonchev–Trinajstić information content (AvgIpc) is 2.68. The van der Waals surface area contributed by atoms with Crippen LogP contribution in [0.5, 0.6) is 0 Å². The number of nitrogens with zero attached hydrogens (tertiary/aromatic N) is 1. The first-order valence-corrected chi connectivity index (χ1v) is 8.30. The van der Waals surface area contributed by atoms with Gasteiger partial charge < -0.3 is 5.32 Å². The van der Waals surface area contributed by atoms with Gasteiger partial charge in [0.2, 0.25) is 5.91 Å². The number of hydrogen-bond acceptors (Lipinski definition) is 3. The van der Waals surface area contributed by atoms with Gasteiger partial charge in [0.1, 0.15) is 0 Å². The number of carbonyl (C=O) groups excluding carboxylic acids is 2. The van der Waals surface area contributed by atoms with E-state index >= 15 is 0 Å². The minimum Gasteiger partial charge on any atom is -0.341 e. The summed E-state index contributed by atoms with van der Waals surface area (Å²) in [6, 6.07) is 6.39. The molecule has 1 saturated heterocycles. The van der Waals surface area contributed by atoms with E-state index in [0.717, 1.165) is 0 Å². The zero-order chi connectivity index (χ0) is 15.4. The highest BCUT2D eigenvalue weighted by atomic mass is 35.5. The quantitative estimate of drug-likeness (QED) is 0.904. The van der Waals surface area contributed by atoms with Crippen LogP contribution in [0.4, 0.5) is 4.79 Å². The Balaban J connectivity index is 2.11. The van der Waals surface area contributed by atoms with Gasteiger partial charge in [-0.3, -0.25) is 13.9 Å². The summed E-state index contributed by atoms with van der Waals surface area (Å²) in [4.78, 5) is 25.6. The molecule has 1 N–H and O–H groups in total. The summed E-state index contributed by atoms with van der Waals surface area (Å²) >= 11 is 5.82. The van der Waals surface area contributed by atoms with E-state index in [1.54, 1.807) is 24.3 Å². The number of benzene rings is 1. The largest absolute Gasteiger partial charge is 0.341 e. The Morgan fingerprint density at radius 2 is 2.05 bits per heavy atom. The van der Waals surface area contributed by atoms with Crippen LogP contribution in [0.15, 0.2) is 29.2 Å². The molecule has 1 aliphatic rings. The highest BCUT2D eigenvalue weighted by Crippen LogP contribution is 2.23. The lowest BCUT2D eigenvalue weighted by Gasteiger charge is -2.18. The molecule has 7 heteroatoms. The highest BCUT2D eigenvalue weighted by Gasteiger charge is 2.30. The number of hydrogen-bond donors (Lipinski definition) is 1. The second-order valence-electron chi connectivity index (χ2n) is 4.82. The number of rotatable bonds is 2. The minimum absolute atomic E-state index is 0.114. The van der Waals surface area contributed by atoms with E-state index in [4.69, 9.17) is 11.6 Å². The fraction of sp³-hybridized carbons (Fsp3) is 0.429. The van der Waals surface area contributed by atoms with Gasteiger partial charge in [-0.25, -0.2) is 4.79 Å². The normalized spacial score (nSPS) is 20.8. The number of carbonyl (C=O) groups is 2. The first-order valence-electron chi connectivity index (χ1n) is 6.71. The van der Waals surface area contributed by atoms with Crippen LogP contribution in [0.3, 0.4) is 0 Å². The van der Waals surface area contributed by atoms with Crippen molar-refractivity contribution in [2.24, 2.45) is 0 Å². The van der Waals surface area contributed by atoms with Crippen molar-refractivity contribution in [3.8, 4) is 0 Å². The predicted molar refractivity (Wildman–Crippen MR) is 81.7 cm³/mol. The Hall–Kier alpha value is -1.40. The zero-order valence-corrected chi connectivity index (χ0v) is 13.2. The van der Waals surface area contributed by atoms with Gasteiger partial charge in [0.05, 0.1) is 10.8 Å². The molecule has 21 heavy (non-hydrogen) atoms. The molecule has 114 valence electrons. The maximum Gasteiger partial charge on any atom is 0.323 e. The maximum atomic E-state index is 12.6. The number of urea groups is 1. The Labute approximate surface area is 131 Å². The number of imide groups is 1. The summed E-state index contributed by atoms with van der Waals surface area (Å²) in [6.07, 6.45) is 1.42. The number of likely N-dealkylation sites (tertiary alicyclic amines) is 1. The SMILES string of the molecule is CNC(=O)N1CCCC(S(=O)c2ccc(Cl)cc2)CC1=O. The predicted octanol–water partition coefficient (Wildman–Crippen LogP) is 2.17. The lowest BCUT2D eigenvalue weighted by molar-refractivity contribution is -0.127. The summed E-state index contributed by atoms with van der Waals surface area (Å²) in [5.41, 5.74) is 0. The number of nitrogens with one attached hydrogen (secondary N) is 1. The van der Waals surface area contributed by atoms with Crippen molar-refractivity contribution in [3.05, 3.63) is 29.3 Å². The standard InChI is InChI=1S/C14H17ClN2O3S/c1-16-14(19)17-8-2-3-12(9-13(17)18)21(20)11-6-4-10(15)5-7-11/h4-7,12H,2-3,8-9H2,1H3,(H,16,19). The third-order valence-electron chi connectivity index (χ3n) is 3.42. The van der Waals surface area contributed by atoms with Gasteiger partial charge >= 0.3 is 6.03 Å². The summed E-state index contributed by atoms with van der Waals surface area (Å²) in [5.74, 6) is -0.279. The number of halogens is 1. The smallest absolute Gasteiger partial charge is 0.323 e. The van der Waals surface area contributed by atoms with Crippen molar-refractivity contribution in [1.29, 1.82) is 0 Å². The molecule has 1 fully saturated rings. The van der Waals surface area contributed by atoms with E-state index < -0.39 is 16.8 Å². The van der Waals surface area contributed by atoms with Gasteiger partial charge in [0, 0.05) is 35.2 Å². The molecule has 5 nitrogen and oxygen atoms in total. The Morgan fingerprint density at radius 1 is 1.38 bits per heavy atom. The van der Waals surface area contributed by atoms with E-state index in [1.807, 2.05) is 0 Å². The van der Waals surface area contributed by atoms with E-state index in [2.05, 4.69) is 5.32 Å². The molecule has 2 atom stereocenters. The van der Waals surface area contributed by atoms with Gasteiger partial charge in [-0.05, 0) is 37.1 Å². The Morgan fingerprint density at radius 3 is 2.67 bits per heavy atom. The summed E-state index contributed by atoms with van der Waals surface area (Å²) in [5, 5.41) is 2.76. The van der Waals surface area contributed by atoms with Crippen LogP contribution < -0.4 is 5.32 Å². The van der Waals surface area contributed by atoms with E-state index in [0.29, 0.717) is 29.3 Å². The molecule has 1 aliphatic heterocycles. The molecule has 0 saturated carbocycles. The van der Waals surface area contributed by atoms with Crippen molar-refractivity contribution in [1.82, 2.24) is 10.2 Å². The molecule has 0 radical (unpaired) electrons. The van der Waals surface area contributed by atoms with Gasteiger partial charge in [-0.15, -0.1) is 0 Å². The van der Waals surface area contributed by atoms with Crippen LogP contribution in [-0.2, 0) is 15.6 Å². The Bertz CT molecular complexity index is 562. The van der Waals surface area contributed by atoms with Crippen LogP contribution in [0.25, 0.3) is 0 Å². The van der Waals surface area contributed by atoms with E-state index in [-0.39, 0.29) is 17.6 Å². The molecular formula is C14H17ClN2O3S. The second-order valence-corrected chi connectivity index (χ2v) is 6.99. The molecule has 0 bridgehead atoms. The third-order valence-corrected chi connectivity index (χ3v) is 5.42. The molecule has 0 aromatic heterocycles. The molecule has 1 aromatic carbocycles. The van der Waals surface area contributed by atoms with Gasteiger partial charge in [0.15, 0.2) is 0 Å². The van der Waals surface area contributed by atoms with E-state index in [9.17, 15) is 13.8 Å². The topological polar surface area (TPSA) is 66.5 Å². The molecule has 1 heterocycles. The summed E-state index contributed by atoms with van der Waals surface area (Å²) < 4.78 is 12.6. The molecular weight excluding hydrogens is 312 g/mol. The lowest BCUT2D eigenvalue weighted by Crippen LogP contribution is -2.42. The second kappa shape index (κ2) is 7.04. The Kier molecular flexibility index (Phi) is 5.36. The molecule has 2 rings (SSSR count). The molecule has 0 aliphatic carbocycles. The monoisotopic (exact) mass is 328 g/mol. The van der Waals surface area contributed by atoms with Crippen LogP contribution in [-0.4, -0.2) is 39.9 Å². The van der Waals surface area contributed by atoms with E-state index in [1.165, 1.54) is 11.9 Å². The first kappa shape index (κ1) is 16.0. The van der Waals surface area contributed by atoms with Crippen molar-refractivity contribution < 1.29 is 13.8 Å². The van der Waals surface area contributed by atoms with Crippen molar-refractivity contribution in [3.63, 3.8) is 0 Å². The maximum absolute atomic E-state index is 12.6. The summed E-state index contributed by atoms with van der Waals surface area (Å²) in [7, 11) is 0.212. The fourth-order valence-electron chi connectivity index (χ4n) is 2.30. The zero-order valence-electron chi connectivity index (χ0n) is 11.7. The van der Waals surface area contributed by atoms with Gasteiger partial charge in [-0.2, -0.15) is 0 Å². The number of amides is 3. The van der Waals surface area contributed by atoms with Crippen LogP contribution in [0, 0.1) is 0 Å². The molecule has 0 spiro atoms. The summed E-state index contributed by atoms with van der Waals surface area (Å²) in [6.45, 7) is 0.368. The van der Waals surface area contributed by atoms with Gasteiger partial charge in [-0.1, -0.05) is 11.6 Å².